The predicted molar refractivity (Wildman–Crippen MR) is 93.4 cm³/mol. The van der Waals surface area contributed by atoms with E-state index in [9.17, 15) is 5.11 Å². The molecule has 116 valence electrons. The molecule has 0 bridgehead atoms. The highest BCUT2D eigenvalue weighted by Gasteiger charge is 2.27. The van der Waals surface area contributed by atoms with Gasteiger partial charge in [-0.05, 0) is 69.6 Å². The van der Waals surface area contributed by atoms with Crippen LogP contribution in [0.15, 0.2) is 58.4 Å². The van der Waals surface area contributed by atoms with Gasteiger partial charge in [0.25, 0.3) is 0 Å². The van der Waals surface area contributed by atoms with Crippen LogP contribution < -0.4 is 0 Å². The molecule has 1 rings (SSSR count). The number of allylic oxidation sites excluding steroid dienone is 9. The quantitative estimate of drug-likeness (QED) is 0.467. The molecule has 0 unspecified atom stereocenters. The topological polar surface area (TPSA) is 20.2 Å². The predicted octanol–water partition coefficient (Wildman–Crippen LogP) is 6.42. The minimum absolute atomic E-state index is 0.161. The summed E-state index contributed by atoms with van der Waals surface area (Å²) in [5.41, 5.74) is 4.98. The third-order valence-corrected chi connectivity index (χ3v) is 4.39. The zero-order chi connectivity index (χ0) is 16.0. The van der Waals surface area contributed by atoms with E-state index < -0.39 is 0 Å². The van der Waals surface area contributed by atoms with Gasteiger partial charge in [0, 0.05) is 0 Å². The Morgan fingerprint density at radius 2 is 1.90 bits per heavy atom. The van der Waals surface area contributed by atoms with Crippen LogP contribution in [0.3, 0.4) is 0 Å². The summed E-state index contributed by atoms with van der Waals surface area (Å²) in [6, 6.07) is 0. The van der Waals surface area contributed by atoms with Crippen LogP contribution in [0.25, 0.3) is 0 Å². The Bertz CT molecular complexity index is 522. The van der Waals surface area contributed by atoms with Crippen LogP contribution in [0.4, 0.5) is 0 Å². The first-order valence-electron chi connectivity index (χ1n) is 7.87. The van der Waals surface area contributed by atoms with Crippen molar-refractivity contribution in [1.82, 2.24) is 0 Å². The van der Waals surface area contributed by atoms with Gasteiger partial charge in [0.15, 0.2) is 0 Å². The molecule has 1 N–H and O–H groups in total. The molecule has 0 saturated heterocycles. The fraction of sp³-hybridized carbons (Fsp3) is 0.500. The molecule has 0 spiro atoms. The number of rotatable bonds is 4. The van der Waals surface area contributed by atoms with Crippen LogP contribution in [0.1, 0.15) is 60.8 Å². The lowest BCUT2D eigenvalue weighted by molar-refractivity contribution is 0.369. The third kappa shape index (κ3) is 5.08. The van der Waals surface area contributed by atoms with Gasteiger partial charge < -0.3 is 5.11 Å². The molecule has 0 atom stereocenters. The Balaban J connectivity index is 2.98. The Morgan fingerprint density at radius 1 is 1.24 bits per heavy atom. The summed E-state index contributed by atoms with van der Waals surface area (Å²) in [6.07, 6.45) is 13.6. The van der Waals surface area contributed by atoms with Crippen LogP contribution in [0.2, 0.25) is 0 Å². The zero-order valence-electron chi connectivity index (χ0n) is 14.5. The van der Waals surface area contributed by atoms with Gasteiger partial charge in [-0.2, -0.15) is 0 Å². The van der Waals surface area contributed by atoms with Gasteiger partial charge in [0.2, 0.25) is 0 Å². The van der Waals surface area contributed by atoms with Gasteiger partial charge in [-0.3, -0.25) is 0 Å². The molecule has 0 fully saturated rings. The molecular formula is C20H30O. The van der Waals surface area contributed by atoms with Crippen molar-refractivity contribution in [3.05, 3.63) is 58.4 Å². The van der Waals surface area contributed by atoms with E-state index in [2.05, 4.69) is 33.8 Å². The Labute approximate surface area is 130 Å². The molecule has 1 nitrogen and oxygen atoms in total. The lowest BCUT2D eigenvalue weighted by Gasteiger charge is -2.33. The van der Waals surface area contributed by atoms with Gasteiger partial charge in [-0.15, -0.1) is 0 Å². The molecule has 0 aromatic carbocycles. The maximum atomic E-state index is 10.4. The Kier molecular flexibility index (Phi) is 6.26. The highest BCUT2D eigenvalue weighted by Crippen LogP contribution is 2.41. The maximum absolute atomic E-state index is 10.4. The van der Waals surface area contributed by atoms with E-state index in [0.717, 1.165) is 12.0 Å². The smallest absolute Gasteiger partial charge is 0.118 e. The second-order valence-electron chi connectivity index (χ2n) is 6.70. The molecule has 21 heavy (non-hydrogen) atoms. The monoisotopic (exact) mass is 286 g/mol. The molecule has 0 radical (unpaired) electrons. The highest BCUT2D eigenvalue weighted by molar-refractivity contribution is 5.39. The van der Waals surface area contributed by atoms with Crippen molar-refractivity contribution < 1.29 is 5.11 Å². The normalized spacial score (nSPS) is 21.3. The van der Waals surface area contributed by atoms with Crippen LogP contribution in [0, 0.1) is 5.41 Å². The van der Waals surface area contributed by atoms with E-state index in [1.165, 1.54) is 29.6 Å². The summed E-state index contributed by atoms with van der Waals surface area (Å²) in [4.78, 5) is 0. The fourth-order valence-corrected chi connectivity index (χ4v) is 2.74. The molecule has 1 heteroatoms. The van der Waals surface area contributed by atoms with E-state index in [0.29, 0.717) is 5.76 Å². The summed E-state index contributed by atoms with van der Waals surface area (Å²) >= 11 is 0. The zero-order valence-corrected chi connectivity index (χ0v) is 14.5. The largest absolute Gasteiger partial charge is 0.508 e. The van der Waals surface area contributed by atoms with Gasteiger partial charge >= 0.3 is 0 Å². The molecular weight excluding hydrogens is 256 g/mol. The van der Waals surface area contributed by atoms with Crippen LogP contribution >= 0.6 is 0 Å². The first-order chi connectivity index (χ1) is 9.77. The van der Waals surface area contributed by atoms with Gasteiger partial charge in [-0.1, -0.05) is 49.3 Å². The summed E-state index contributed by atoms with van der Waals surface area (Å²) in [5.74, 6) is 0.377. The van der Waals surface area contributed by atoms with Crippen molar-refractivity contribution >= 4 is 0 Å². The van der Waals surface area contributed by atoms with Crippen LogP contribution in [-0.4, -0.2) is 5.11 Å². The maximum Gasteiger partial charge on any atom is 0.118 e. The first kappa shape index (κ1) is 17.6. The summed E-state index contributed by atoms with van der Waals surface area (Å²) < 4.78 is 0. The molecule has 0 saturated carbocycles. The second-order valence-corrected chi connectivity index (χ2v) is 6.70. The summed E-state index contributed by atoms with van der Waals surface area (Å²) in [5, 5.41) is 10.4. The van der Waals surface area contributed by atoms with Crippen molar-refractivity contribution in [2.75, 3.05) is 0 Å². The lowest BCUT2D eigenvalue weighted by atomic mass is 9.72. The minimum Gasteiger partial charge on any atom is -0.508 e. The third-order valence-electron chi connectivity index (χ3n) is 4.39. The summed E-state index contributed by atoms with van der Waals surface area (Å²) in [6.45, 7) is 12.8. The second kappa shape index (κ2) is 7.49. The average molecular weight is 286 g/mol. The molecule has 0 heterocycles. The number of aliphatic hydroxyl groups is 1. The number of aliphatic hydroxyl groups excluding tert-OH is 1. The molecule has 0 aromatic rings. The van der Waals surface area contributed by atoms with Crippen molar-refractivity contribution in [2.24, 2.45) is 5.41 Å². The lowest BCUT2D eigenvalue weighted by Crippen LogP contribution is -2.19. The van der Waals surface area contributed by atoms with Crippen molar-refractivity contribution in [1.29, 1.82) is 0 Å². The molecule has 1 aliphatic rings. The summed E-state index contributed by atoms with van der Waals surface area (Å²) in [7, 11) is 0. The standard InChI is InChI=1S/C20H30O/c1-7-15(2)10-8-11-17(4)19(21)14-18-16(3)12-9-13-20(18,5)6/h7-8,10-11,14,21H,9,12-13H2,1-6H3. The molecule has 0 aliphatic heterocycles. The minimum atomic E-state index is 0.161. The fourth-order valence-electron chi connectivity index (χ4n) is 2.74. The molecule has 1 aliphatic carbocycles. The molecule has 0 amide bonds. The van der Waals surface area contributed by atoms with E-state index in [4.69, 9.17) is 0 Å². The van der Waals surface area contributed by atoms with Gasteiger partial charge in [-0.25, -0.2) is 0 Å². The van der Waals surface area contributed by atoms with Crippen molar-refractivity contribution in [3.63, 3.8) is 0 Å². The van der Waals surface area contributed by atoms with Gasteiger partial charge in [0.05, 0.1) is 0 Å². The highest BCUT2D eigenvalue weighted by atomic mass is 16.3. The Hall–Kier alpha value is -1.50. The van der Waals surface area contributed by atoms with E-state index in [1.54, 1.807) is 0 Å². The van der Waals surface area contributed by atoms with Crippen molar-refractivity contribution in [2.45, 2.75) is 60.8 Å². The SMILES string of the molecule is CC=C(C)C=CC=C(C)C(O)=CC1=C(C)CCCC1(C)C. The Morgan fingerprint density at radius 3 is 2.48 bits per heavy atom. The van der Waals surface area contributed by atoms with Crippen LogP contribution in [-0.2, 0) is 0 Å². The average Bonchev–Trinajstić information content (AvgIpc) is 2.42. The molecule has 0 aromatic heterocycles. The number of hydrogen-bond donors (Lipinski definition) is 1. The first-order valence-corrected chi connectivity index (χ1v) is 7.87. The van der Waals surface area contributed by atoms with E-state index in [-0.39, 0.29) is 5.41 Å². The van der Waals surface area contributed by atoms with Crippen molar-refractivity contribution in [3.8, 4) is 0 Å². The van der Waals surface area contributed by atoms with Crippen LogP contribution in [0.5, 0.6) is 0 Å². The number of hydrogen-bond acceptors (Lipinski definition) is 1. The van der Waals surface area contributed by atoms with E-state index in [1.807, 2.05) is 38.2 Å². The van der Waals surface area contributed by atoms with E-state index >= 15 is 0 Å². The van der Waals surface area contributed by atoms with Gasteiger partial charge in [0.1, 0.15) is 5.76 Å².